The quantitative estimate of drug-likeness (QED) is 0.700. The van der Waals surface area contributed by atoms with Crippen molar-refractivity contribution in [2.24, 2.45) is 11.1 Å². The van der Waals surface area contributed by atoms with E-state index in [-0.39, 0.29) is 24.0 Å². The SMILES string of the molecule is CC(C)(C)C[C@H](N)C(=O)CCC(=O)O. The van der Waals surface area contributed by atoms with Gasteiger partial charge in [0.25, 0.3) is 0 Å². The summed E-state index contributed by atoms with van der Waals surface area (Å²) in [5.74, 6) is -1.12. The number of aliphatic carboxylic acids is 1. The first-order chi connectivity index (χ1) is 6.22. The molecule has 0 bridgehead atoms. The second-order valence-corrected chi connectivity index (χ2v) is 4.73. The lowest BCUT2D eigenvalue weighted by atomic mass is 9.86. The minimum atomic E-state index is -0.957. The van der Waals surface area contributed by atoms with Crippen molar-refractivity contribution in [3.05, 3.63) is 0 Å². The molecule has 0 fully saturated rings. The maximum Gasteiger partial charge on any atom is 0.303 e. The van der Waals surface area contributed by atoms with Crippen molar-refractivity contribution >= 4 is 11.8 Å². The van der Waals surface area contributed by atoms with Crippen molar-refractivity contribution < 1.29 is 14.7 Å². The smallest absolute Gasteiger partial charge is 0.303 e. The number of Topliss-reactive ketones (excluding diaryl/α,β-unsaturated/α-hetero) is 1. The Kier molecular flexibility index (Phi) is 4.77. The van der Waals surface area contributed by atoms with Crippen LogP contribution in [0.25, 0.3) is 0 Å². The van der Waals surface area contributed by atoms with Crippen LogP contribution >= 0.6 is 0 Å². The Morgan fingerprint density at radius 3 is 2.14 bits per heavy atom. The summed E-state index contributed by atoms with van der Waals surface area (Å²) in [4.78, 5) is 21.6. The molecule has 1 atom stereocenters. The van der Waals surface area contributed by atoms with Gasteiger partial charge in [-0.25, -0.2) is 0 Å². The lowest BCUT2D eigenvalue weighted by molar-refractivity contribution is -0.138. The largest absolute Gasteiger partial charge is 0.481 e. The van der Waals surface area contributed by atoms with E-state index in [1.54, 1.807) is 0 Å². The van der Waals surface area contributed by atoms with E-state index in [4.69, 9.17) is 10.8 Å². The number of carbonyl (C=O) groups excluding carboxylic acids is 1. The number of rotatable bonds is 5. The van der Waals surface area contributed by atoms with Crippen LogP contribution in [0.1, 0.15) is 40.0 Å². The molecule has 0 saturated heterocycles. The molecule has 4 nitrogen and oxygen atoms in total. The number of carboxylic acids is 1. The zero-order chi connectivity index (χ0) is 11.4. The highest BCUT2D eigenvalue weighted by Crippen LogP contribution is 2.20. The zero-order valence-corrected chi connectivity index (χ0v) is 9.04. The van der Waals surface area contributed by atoms with Gasteiger partial charge in [-0.05, 0) is 11.8 Å². The van der Waals surface area contributed by atoms with Crippen LogP contribution in [0.15, 0.2) is 0 Å². The van der Waals surface area contributed by atoms with Crippen LogP contribution in [-0.2, 0) is 9.59 Å². The van der Waals surface area contributed by atoms with Gasteiger partial charge in [0.05, 0.1) is 12.5 Å². The van der Waals surface area contributed by atoms with Gasteiger partial charge in [0, 0.05) is 6.42 Å². The molecular weight excluding hydrogens is 182 g/mol. The Hall–Kier alpha value is -0.900. The summed E-state index contributed by atoms with van der Waals surface area (Å²) in [5, 5.41) is 8.38. The lowest BCUT2D eigenvalue weighted by Crippen LogP contribution is -2.34. The van der Waals surface area contributed by atoms with Crippen LogP contribution in [0.4, 0.5) is 0 Å². The van der Waals surface area contributed by atoms with Gasteiger partial charge >= 0.3 is 5.97 Å². The molecule has 0 aliphatic rings. The highest BCUT2D eigenvalue weighted by Gasteiger charge is 2.21. The van der Waals surface area contributed by atoms with Crippen molar-refractivity contribution in [2.75, 3.05) is 0 Å². The summed E-state index contributed by atoms with van der Waals surface area (Å²) in [6.45, 7) is 5.99. The first-order valence-corrected chi connectivity index (χ1v) is 4.72. The van der Waals surface area contributed by atoms with Gasteiger partial charge in [0.1, 0.15) is 5.78 Å². The molecular formula is C10H19NO3. The van der Waals surface area contributed by atoms with Crippen molar-refractivity contribution in [2.45, 2.75) is 46.1 Å². The number of nitrogens with two attached hydrogens (primary N) is 1. The van der Waals surface area contributed by atoms with E-state index in [9.17, 15) is 9.59 Å². The summed E-state index contributed by atoms with van der Waals surface area (Å²) in [6.07, 6.45) is 0.495. The van der Waals surface area contributed by atoms with Crippen molar-refractivity contribution in [1.29, 1.82) is 0 Å². The van der Waals surface area contributed by atoms with Gasteiger partial charge in [-0.2, -0.15) is 0 Å². The molecule has 0 aliphatic heterocycles. The average Bonchev–Trinajstić information content (AvgIpc) is 1.96. The molecule has 0 aromatic heterocycles. The van der Waals surface area contributed by atoms with Crippen molar-refractivity contribution in [3.63, 3.8) is 0 Å². The average molecular weight is 201 g/mol. The van der Waals surface area contributed by atoms with E-state index in [2.05, 4.69) is 0 Å². The van der Waals surface area contributed by atoms with Gasteiger partial charge < -0.3 is 10.8 Å². The molecule has 0 spiro atoms. The molecule has 0 unspecified atom stereocenters. The molecule has 0 aromatic rings. The second kappa shape index (κ2) is 5.10. The van der Waals surface area contributed by atoms with E-state index < -0.39 is 12.0 Å². The van der Waals surface area contributed by atoms with E-state index in [1.807, 2.05) is 20.8 Å². The molecule has 0 amide bonds. The van der Waals surface area contributed by atoms with E-state index >= 15 is 0 Å². The molecule has 4 heteroatoms. The fourth-order valence-corrected chi connectivity index (χ4v) is 1.19. The van der Waals surface area contributed by atoms with Gasteiger partial charge in [-0.3, -0.25) is 9.59 Å². The summed E-state index contributed by atoms with van der Waals surface area (Å²) < 4.78 is 0. The molecule has 3 N–H and O–H groups in total. The number of hydrogen-bond donors (Lipinski definition) is 2. The Balaban J connectivity index is 3.94. The fourth-order valence-electron chi connectivity index (χ4n) is 1.19. The van der Waals surface area contributed by atoms with Crippen molar-refractivity contribution in [1.82, 2.24) is 0 Å². The molecule has 0 aliphatic carbocycles. The van der Waals surface area contributed by atoms with Crippen molar-refractivity contribution in [3.8, 4) is 0 Å². The second-order valence-electron chi connectivity index (χ2n) is 4.73. The highest BCUT2D eigenvalue weighted by atomic mass is 16.4. The maximum atomic E-state index is 11.3. The molecule has 82 valence electrons. The Morgan fingerprint density at radius 1 is 1.29 bits per heavy atom. The molecule has 0 heterocycles. The molecule has 0 saturated carbocycles. The van der Waals surface area contributed by atoms with Crippen LogP contribution in [0.5, 0.6) is 0 Å². The topological polar surface area (TPSA) is 80.4 Å². The fraction of sp³-hybridized carbons (Fsp3) is 0.800. The van der Waals surface area contributed by atoms with E-state index in [0.717, 1.165) is 0 Å². The Morgan fingerprint density at radius 2 is 1.79 bits per heavy atom. The first-order valence-electron chi connectivity index (χ1n) is 4.72. The monoisotopic (exact) mass is 201 g/mol. The van der Waals surface area contributed by atoms with Gasteiger partial charge in [-0.15, -0.1) is 0 Å². The molecule has 14 heavy (non-hydrogen) atoms. The third kappa shape index (κ3) is 6.60. The number of ketones is 1. The minimum absolute atomic E-state index is 0.00169. The summed E-state index contributed by atoms with van der Waals surface area (Å²) >= 11 is 0. The van der Waals surface area contributed by atoms with Crippen LogP contribution in [-0.4, -0.2) is 22.9 Å². The van der Waals surface area contributed by atoms with Crippen LogP contribution < -0.4 is 5.73 Å². The van der Waals surface area contributed by atoms with E-state index in [0.29, 0.717) is 6.42 Å². The third-order valence-corrected chi connectivity index (χ3v) is 1.83. The summed E-state index contributed by atoms with van der Waals surface area (Å²) in [7, 11) is 0. The van der Waals surface area contributed by atoms with Gasteiger partial charge in [0.15, 0.2) is 0 Å². The minimum Gasteiger partial charge on any atom is -0.481 e. The van der Waals surface area contributed by atoms with Crippen LogP contribution in [0.3, 0.4) is 0 Å². The number of carboxylic acid groups (broad SMARTS) is 1. The Bertz CT molecular complexity index is 218. The standard InChI is InChI=1S/C10H19NO3/c1-10(2,3)6-7(11)8(12)4-5-9(13)14/h7H,4-6,11H2,1-3H3,(H,13,14)/t7-/m0/s1. The molecule has 0 rings (SSSR count). The van der Waals surface area contributed by atoms with Crippen LogP contribution in [0, 0.1) is 5.41 Å². The van der Waals surface area contributed by atoms with E-state index in [1.165, 1.54) is 0 Å². The molecule has 0 aromatic carbocycles. The van der Waals surface area contributed by atoms with Crippen LogP contribution in [0.2, 0.25) is 0 Å². The molecule has 0 radical (unpaired) electrons. The summed E-state index contributed by atoms with van der Waals surface area (Å²) in [5.41, 5.74) is 5.65. The number of hydrogen-bond acceptors (Lipinski definition) is 3. The third-order valence-electron chi connectivity index (χ3n) is 1.83. The zero-order valence-electron chi connectivity index (χ0n) is 9.04. The highest BCUT2D eigenvalue weighted by molar-refractivity contribution is 5.86. The first kappa shape index (κ1) is 13.1. The number of carbonyl (C=O) groups is 2. The normalized spacial score (nSPS) is 13.7. The maximum absolute atomic E-state index is 11.3. The summed E-state index contributed by atoms with van der Waals surface area (Å²) in [6, 6.07) is -0.533. The lowest BCUT2D eigenvalue weighted by Gasteiger charge is -2.21. The predicted octanol–water partition coefficient (Wildman–Crippen LogP) is 1.18. The van der Waals surface area contributed by atoms with Gasteiger partial charge in [-0.1, -0.05) is 20.8 Å². The van der Waals surface area contributed by atoms with Gasteiger partial charge in [0.2, 0.25) is 0 Å². The predicted molar refractivity (Wildman–Crippen MR) is 53.9 cm³/mol. The Labute approximate surface area is 84.5 Å².